The Kier molecular flexibility index (Phi) is 6.92. The van der Waals surface area contributed by atoms with E-state index in [0.717, 1.165) is 36.9 Å². The Morgan fingerprint density at radius 2 is 1.86 bits per heavy atom. The van der Waals surface area contributed by atoms with Crippen molar-refractivity contribution in [3.05, 3.63) is 82.3 Å². The molecule has 4 nitrogen and oxygen atoms in total. The van der Waals surface area contributed by atoms with Gasteiger partial charge in [0.15, 0.2) is 4.34 Å². The minimum atomic E-state index is -0.353. The Labute approximate surface area is 229 Å². The van der Waals surface area contributed by atoms with Gasteiger partial charge in [-0.15, -0.1) is 11.3 Å². The number of halogens is 1. The molecule has 186 valence electrons. The molecule has 0 saturated heterocycles. The maximum atomic E-state index is 13.8. The first kappa shape index (κ1) is 25.3. The summed E-state index contributed by atoms with van der Waals surface area (Å²) in [7, 11) is 0. The lowest BCUT2D eigenvalue weighted by molar-refractivity contribution is -0.117. The van der Waals surface area contributed by atoms with Crippen LogP contribution in [-0.2, 0) is 10.2 Å². The number of para-hydroxylation sites is 1. The quantitative estimate of drug-likeness (QED) is 0.216. The van der Waals surface area contributed by atoms with E-state index in [4.69, 9.17) is 9.72 Å². The number of hydrogen-bond donors (Lipinski definition) is 0. The lowest BCUT2D eigenvalue weighted by Gasteiger charge is -2.51. The first-order valence-electron chi connectivity index (χ1n) is 12.1. The largest absolute Gasteiger partial charge is 0.494 e. The number of nitrogens with zero attached hydrogens (tertiary/aromatic N) is 2. The first-order valence-corrected chi connectivity index (χ1v) is 14.7. The molecule has 2 heterocycles. The maximum Gasteiger partial charge on any atom is 0.237 e. The van der Waals surface area contributed by atoms with Crippen molar-refractivity contribution in [1.29, 1.82) is 0 Å². The topological polar surface area (TPSA) is 42.4 Å². The third-order valence-electron chi connectivity index (χ3n) is 6.83. The Bertz CT molecular complexity index is 1420. The summed E-state index contributed by atoms with van der Waals surface area (Å²) in [6, 6.07) is 22.9. The Morgan fingerprint density at radius 3 is 2.61 bits per heavy atom. The van der Waals surface area contributed by atoms with E-state index in [1.807, 2.05) is 36.1 Å². The number of anilines is 1. The van der Waals surface area contributed by atoms with Crippen molar-refractivity contribution in [3.8, 4) is 5.75 Å². The van der Waals surface area contributed by atoms with Crippen molar-refractivity contribution in [2.24, 2.45) is 0 Å². The maximum absolute atomic E-state index is 13.8. The van der Waals surface area contributed by atoms with Crippen LogP contribution < -0.4 is 9.64 Å². The molecule has 0 fully saturated rings. The lowest BCUT2D eigenvalue weighted by atomic mass is 9.65. The molecule has 5 rings (SSSR count). The average molecular weight is 582 g/mol. The van der Waals surface area contributed by atoms with E-state index < -0.39 is 0 Å². The fraction of sp³-hybridized carbons (Fsp3) is 0.310. The Morgan fingerprint density at radius 1 is 1.11 bits per heavy atom. The standard InChI is InChI=1S/C29H29BrN2O2S2/c1-5-34-21-14-15-23-25(16-21)36-27(31-23)35-17-26(33)32-24-9-7-6-8-22(24)29(4,18-28(32,2)3)19-10-12-20(30)13-11-19/h6-16H,5,17-18H2,1-4H3/t29-/m1/s1. The van der Waals surface area contributed by atoms with Crippen molar-refractivity contribution in [2.45, 2.75) is 49.4 Å². The number of fused-ring (bicyclic) bond motifs is 2. The fourth-order valence-electron chi connectivity index (χ4n) is 5.44. The van der Waals surface area contributed by atoms with Gasteiger partial charge in [-0.1, -0.05) is 64.9 Å². The van der Waals surface area contributed by atoms with E-state index in [2.05, 4.69) is 79.2 Å². The van der Waals surface area contributed by atoms with Crippen LogP contribution in [0.4, 0.5) is 5.69 Å². The van der Waals surface area contributed by atoms with E-state index in [0.29, 0.717) is 12.4 Å². The molecule has 0 spiro atoms. The van der Waals surface area contributed by atoms with Gasteiger partial charge in [-0.05, 0) is 74.7 Å². The van der Waals surface area contributed by atoms with Gasteiger partial charge in [0.1, 0.15) is 5.75 Å². The van der Waals surface area contributed by atoms with E-state index in [1.54, 1.807) is 11.3 Å². The molecule has 0 aliphatic carbocycles. The molecule has 7 heteroatoms. The third kappa shape index (κ3) is 4.69. The monoisotopic (exact) mass is 580 g/mol. The van der Waals surface area contributed by atoms with E-state index in [9.17, 15) is 4.79 Å². The number of aromatic nitrogens is 1. The van der Waals surface area contributed by atoms with Crippen molar-refractivity contribution < 1.29 is 9.53 Å². The number of benzene rings is 3. The second-order valence-corrected chi connectivity index (χ2v) is 13.1. The number of thioether (sulfide) groups is 1. The van der Waals surface area contributed by atoms with Crippen LogP contribution in [0.25, 0.3) is 10.2 Å². The molecule has 0 radical (unpaired) electrons. The van der Waals surface area contributed by atoms with Crippen molar-refractivity contribution in [1.82, 2.24) is 4.98 Å². The first-order chi connectivity index (χ1) is 17.2. The summed E-state index contributed by atoms with van der Waals surface area (Å²) in [5, 5.41) is 0. The molecule has 1 aliphatic rings. The second-order valence-electron chi connectivity index (χ2n) is 9.91. The highest BCUT2D eigenvalue weighted by molar-refractivity contribution is 9.10. The van der Waals surface area contributed by atoms with Gasteiger partial charge < -0.3 is 9.64 Å². The minimum Gasteiger partial charge on any atom is -0.494 e. The van der Waals surface area contributed by atoms with Gasteiger partial charge in [-0.25, -0.2) is 4.98 Å². The number of carbonyl (C=O) groups is 1. The Hall–Kier alpha value is -2.35. The molecule has 0 saturated carbocycles. The summed E-state index contributed by atoms with van der Waals surface area (Å²) in [5.41, 5.74) is 3.83. The number of thiazole rings is 1. The summed E-state index contributed by atoms with van der Waals surface area (Å²) >= 11 is 6.68. The van der Waals surface area contributed by atoms with Gasteiger partial charge in [0.2, 0.25) is 5.91 Å². The lowest BCUT2D eigenvalue weighted by Crippen LogP contribution is -2.56. The predicted octanol–water partition coefficient (Wildman–Crippen LogP) is 8.07. The SMILES string of the molecule is CCOc1ccc2nc(SCC(=O)N3c4ccccc4[C@@](C)(c4ccc(Br)cc4)CC3(C)C)sc2c1. The molecular formula is C29H29BrN2O2S2. The van der Waals surface area contributed by atoms with E-state index in [1.165, 1.54) is 22.9 Å². The van der Waals surface area contributed by atoms with Crippen molar-refractivity contribution in [3.63, 3.8) is 0 Å². The van der Waals surface area contributed by atoms with E-state index >= 15 is 0 Å². The molecule has 36 heavy (non-hydrogen) atoms. The highest BCUT2D eigenvalue weighted by atomic mass is 79.9. The highest BCUT2D eigenvalue weighted by Gasteiger charge is 2.47. The Balaban J connectivity index is 1.42. The van der Waals surface area contributed by atoms with Gasteiger partial charge in [0, 0.05) is 21.1 Å². The smallest absolute Gasteiger partial charge is 0.237 e. The zero-order valence-corrected chi connectivity index (χ0v) is 24.1. The molecule has 1 aliphatic heterocycles. The van der Waals surface area contributed by atoms with Gasteiger partial charge in [0.25, 0.3) is 0 Å². The van der Waals surface area contributed by atoms with Gasteiger partial charge >= 0.3 is 0 Å². The van der Waals surface area contributed by atoms with Crippen LogP contribution in [0.5, 0.6) is 5.75 Å². The highest BCUT2D eigenvalue weighted by Crippen LogP contribution is 2.50. The number of carbonyl (C=O) groups excluding carboxylic acids is 1. The summed E-state index contributed by atoms with van der Waals surface area (Å²) in [6.45, 7) is 9.26. The van der Waals surface area contributed by atoms with Gasteiger partial charge in [-0.2, -0.15) is 0 Å². The molecule has 1 atom stereocenters. The zero-order chi connectivity index (χ0) is 25.5. The molecule has 1 amide bonds. The van der Waals surface area contributed by atoms with Gasteiger partial charge in [0.05, 0.1) is 22.6 Å². The van der Waals surface area contributed by atoms with E-state index in [-0.39, 0.29) is 16.9 Å². The number of hydrogen-bond acceptors (Lipinski definition) is 5. The van der Waals surface area contributed by atoms with Crippen LogP contribution in [0.2, 0.25) is 0 Å². The molecule has 0 unspecified atom stereocenters. The summed E-state index contributed by atoms with van der Waals surface area (Å²) in [6.07, 6.45) is 0.830. The van der Waals surface area contributed by atoms with Crippen LogP contribution in [0.15, 0.2) is 75.5 Å². The number of rotatable bonds is 6. The second kappa shape index (κ2) is 9.84. The van der Waals surface area contributed by atoms with Gasteiger partial charge in [-0.3, -0.25) is 4.79 Å². The van der Waals surface area contributed by atoms with Crippen LogP contribution in [0, 0.1) is 0 Å². The molecule has 1 aromatic heterocycles. The van der Waals surface area contributed by atoms with Crippen LogP contribution in [0.1, 0.15) is 45.2 Å². The molecule has 4 aromatic rings. The van der Waals surface area contributed by atoms with Crippen molar-refractivity contribution in [2.75, 3.05) is 17.3 Å². The van der Waals surface area contributed by atoms with Crippen LogP contribution in [0.3, 0.4) is 0 Å². The number of ether oxygens (including phenoxy) is 1. The summed E-state index contributed by atoms with van der Waals surface area (Å²) in [5.74, 6) is 1.29. The van der Waals surface area contributed by atoms with Crippen molar-refractivity contribution >= 4 is 60.8 Å². The number of amides is 1. The zero-order valence-electron chi connectivity index (χ0n) is 20.9. The predicted molar refractivity (Wildman–Crippen MR) is 155 cm³/mol. The average Bonchev–Trinajstić information content (AvgIpc) is 3.25. The fourth-order valence-corrected chi connectivity index (χ4v) is 7.65. The summed E-state index contributed by atoms with van der Waals surface area (Å²) < 4.78 is 8.66. The molecule has 0 N–H and O–H groups in total. The van der Waals surface area contributed by atoms with Crippen LogP contribution >= 0.6 is 39.0 Å². The molecule has 3 aromatic carbocycles. The third-order valence-corrected chi connectivity index (χ3v) is 9.51. The minimum absolute atomic E-state index is 0.101. The van der Waals surface area contributed by atoms with Crippen LogP contribution in [-0.4, -0.2) is 28.8 Å². The molecular weight excluding hydrogens is 552 g/mol. The molecule has 0 bridgehead atoms. The normalized spacial score (nSPS) is 18.8. The summed E-state index contributed by atoms with van der Waals surface area (Å²) in [4.78, 5) is 20.5.